The summed E-state index contributed by atoms with van der Waals surface area (Å²) in [5, 5.41) is 0. The average Bonchev–Trinajstić information content (AvgIpc) is 2.70. The van der Waals surface area contributed by atoms with Crippen molar-refractivity contribution in [1.82, 2.24) is 0 Å². The first-order valence-electron chi connectivity index (χ1n) is 5.58. The van der Waals surface area contributed by atoms with Gasteiger partial charge in [-0.3, -0.25) is 0 Å². The number of hydrogen-bond acceptors (Lipinski definition) is 3. The Labute approximate surface area is 103 Å². The summed E-state index contributed by atoms with van der Waals surface area (Å²) in [6.45, 7) is 4.41. The zero-order valence-electron chi connectivity index (χ0n) is 10.8. The van der Waals surface area contributed by atoms with Crippen molar-refractivity contribution in [1.29, 1.82) is 0 Å². The predicted molar refractivity (Wildman–Crippen MR) is 61.5 cm³/mol. The van der Waals surface area contributed by atoms with Crippen LogP contribution in [0.1, 0.15) is 20.3 Å². The van der Waals surface area contributed by atoms with Crippen molar-refractivity contribution >= 4 is 0 Å². The van der Waals surface area contributed by atoms with Gasteiger partial charge in [-0.15, -0.1) is 0 Å². The minimum absolute atomic E-state index is 0.160. The van der Waals surface area contributed by atoms with E-state index in [4.69, 9.17) is 9.96 Å². The molecular weight excluding hydrogens is 240 g/mol. The Hall–Kier alpha value is 0.0743. The van der Waals surface area contributed by atoms with Crippen LogP contribution in [0.2, 0.25) is 3.72 Å². The second kappa shape index (κ2) is 5.61. The maximum atomic E-state index is 5.66. The van der Waals surface area contributed by atoms with Gasteiger partial charge in [-0.1, -0.05) is 0 Å². The Kier molecular flexibility index (Phi) is 4.96. The van der Waals surface area contributed by atoms with Gasteiger partial charge < -0.3 is 0 Å². The molecule has 0 unspecified atom stereocenters. The second-order valence-electron chi connectivity index (χ2n) is 4.53. The summed E-state index contributed by atoms with van der Waals surface area (Å²) >= 11 is -3.24. The summed E-state index contributed by atoms with van der Waals surface area (Å²) in [5.74, 6) is 0.567. The van der Waals surface area contributed by atoms with Crippen LogP contribution in [0.25, 0.3) is 0 Å². The molecule has 0 saturated heterocycles. The summed E-state index contributed by atoms with van der Waals surface area (Å²) < 4.78 is 16.8. The molecule has 0 bridgehead atoms. The van der Waals surface area contributed by atoms with Crippen LogP contribution in [-0.2, 0) is 27.7 Å². The molecule has 0 aromatic carbocycles. The topological polar surface area (TPSA) is 27.7 Å². The van der Waals surface area contributed by atoms with Crippen LogP contribution in [0, 0.1) is 5.92 Å². The number of rotatable bonds is 6. The van der Waals surface area contributed by atoms with Crippen LogP contribution in [0.3, 0.4) is 0 Å². The van der Waals surface area contributed by atoms with Gasteiger partial charge in [0.25, 0.3) is 0 Å². The van der Waals surface area contributed by atoms with E-state index in [0.29, 0.717) is 5.92 Å². The van der Waals surface area contributed by atoms with E-state index < -0.39 is 17.8 Å². The zero-order valence-corrected chi connectivity index (χ0v) is 12.4. The van der Waals surface area contributed by atoms with Crippen LogP contribution in [0.15, 0.2) is 24.3 Å². The van der Waals surface area contributed by atoms with Gasteiger partial charge in [-0.05, 0) is 0 Å². The molecule has 0 aromatic heterocycles. The van der Waals surface area contributed by atoms with E-state index in [1.54, 1.807) is 21.3 Å². The molecule has 0 heterocycles. The van der Waals surface area contributed by atoms with Gasteiger partial charge in [0.2, 0.25) is 0 Å². The molecule has 1 aliphatic rings. The average molecular weight is 262 g/mol. The molecule has 0 spiro atoms. The van der Waals surface area contributed by atoms with E-state index in [9.17, 15) is 0 Å². The maximum absolute atomic E-state index is 5.66. The summed E-state index contributed by atoms with van der Waals surface area (Å²) in [5.41, 5.74) is 0. The van der Waals surface area contributed by atoms with Crippen LogP contribution >= 0.6 is 0 Å². The fourth-order valence-electron chi connectivity index (χ4n) is 2.47. The Balaban J connectivity index is 3.09. The fourth-order valence-corrected chi connectivity index (χ4v) is 7.00. The Morgan fingerprint density at radius 3 is 1.75 bits per heavy atom. The fraction of sp³-hybridized carbons (Fsp3) is 0.667. The van der Waals surface area contributed by atoms with E-state index in [1.165, 1.54) is 0 Å². The van der Waals surface area contributed by atoms with Crippen LogP contribution in [0.5, 0.6) is 0 Å². The molecule has 0 aliphatic heterocycles. The first kappa shape index (κ1) is 14.1. The minimum atomic E-state index is -3.24. The molecule has 1 aliphatic carbocycles. The molecule has 3 nitrogen and oxygen atoms in total. The first-order valence-corrected chi connectivity index (χ1v) is 8.27. The van der Waals surface area contributed by atoms with Gasteiger partial charge >= 0.3 is 103 Å². The third-order valence-corrected chi connectivity index (χ3v) is 8.16. The molecule has 0 aromatic rings. The molecule has 0 radical (unpaired) electrons. The molecule has 0 amide bonds. The Morgan fingerprint density at radius 1 is 1.00 bits per heavy atom. The third-order valence-electron chi connectivity index (χ3n) is 3.02. The molecule has 0 atom stereocenters. The molecule has 0 N–H and O–H groups in total. The monoisotopic (exact) mass is 262 g/mol. The predicted octanol–water partition coefficient (Wildman–Crippen LogP) is 3.16. The quantitative estimate of drug-likeness (QED) is 0.688. The van der Waals surface area contributed by atoms with Gasteiger partial charge in [-0.2, -0.15) is 0 Å². The Bertz CT molecular complexity index is 260. The van der Waals surface area contributed by atoms with Crippen molar-refractivity contribution in [2.24, 2.45) is 5.92 Å². The normalized spacial score (nSPS) is 18.6. The molecule has 1 rings (SSSR count). The molecule has 4 heteroatoms. The second-order valence-corrected chi connectivity index (χ2v) is 9.63. The van der Waals surface area contributed by atoms with Gasteiger partial charge in [-0.25, -0.2) is 0 Å². The molecule has 92 valence electrons. The first-order chi connectivity index (χ1) is 7.56. The molecule has 16 heavy (non-hydrogen) atoms. The molecular formula is C12H22O3Ti. The van der Waals surface area contributed by atoms with Crippen molar-refractivity contribution in [2.75, 3.05) is 21.3 Å². The van der Waals surface area contributed by atoms with Crippen LogP contribution < -0.4 is 0 Å². The number of allylic oxidation sites excluding steroid dienone is 4. The van der Waals surface area contributed by atoms with Crippen molar-refractivity contribution in [3.8, 4) is 0 Å². The van der Waals surface area contributed by atoms with E-state index in [1.807, 2.05) is 0 Å². The zero-order chi connectivity index (χ0) is 12.2. The van der Waals surface area contributed by atoms with Crippen LogP contribution in [-0.4, -0.2) is 21.3 Å². The van der Waals surface area contributed by atoms with E-state index in [2.05, 4.69) is 38.2 Å². The SMILES string of the molecule is C[O][Ti]([O]C)([O]C)[C]1(CC(C)C)C=CC=C1. The van der Waals surface area contributed by atoms with Gasteiger partial charge in [0.15, 0.2) is 0 Å². The summed E-state index contributed by atoms with van der Waals surface area (Å²) in [4.78, 5) is 0. The van der Waals surface area contributed by atoms with E-state index >= 15 is 0 Å². The van der Waals surface area contributed by atoms with Crippen molar-refractivity contribution < 1.29 is 27.7 Å². The van der Waals surface area contributed by atoms with Gasteiger partial charge in [0, 0.05) is 0 Å². The standard InChI is InChI=1S/C9H13.3CH3O.Ti/c1-8(2)7-9-5-3-4-6-9;3*1-2;/h3-6,8H,7H2,1-2H3;3*1H3;/q;3*-1;+3. The van der Waals surface area contributed by atoms with Crippen molar-refractivity contribution in [3.05, 3.63) is 24.3 Å². The summed E-state index contributed by atoms with van der Waals surface area (Å²) in [7, 11) is 5.07. The van der Waals surface area contributed by atoms with Crippen LogP contribution in [0.4, 0.5) is 0 Å². The summed E-state index contributed by atoms with van der Waals surface area (Å²) in [6.07, 6.45) is 9.45. The number of hydrogen-bond donors (Lipinski definition) is 0. The van der Waals surface area contributed by atoms with Gasteiger partial charge in [0.05, 0.1) is 0 Å². The Morgan fingerprint density at radius 2 is 1.44 bits per heavy atom. The molecule has 0 fully saturated rings. The summed E-state index contributed by atoms with van der Waals surface area (Å²) in [6, 6.07) is 0. The third kappa shape index (κ3) is 2.34. The van der Waals surface area contributed by atoms with Crippen molar-refractivity contribution in [3.63, 3.8) is 0 Å². The van der Waals surface area contributed by atoms with E-state index in [0.717, 1.165) is 6.42 Å². The van der Waals surface area contributed by atoms with Crippen molar-refractivity contribution in [2.45, 2.75) is 24.0 Å². The van der Waals surface area contributed by atoms with Gasteiger partial charge in [0.1, 0.15) is 0 Å². The van der Waals surface area contributed by atoms with E-state index in [-0.39, 0.29) is 3.72 Å². The molecule has 0 saturated carbocycles.